The lowest BCUT2D eigenvalue weighted by atomic mass is 10.2. The van der Waals surface area contributed by atoms with Crippen molar-refractivity contribution in [1.82, 2.24) is 10.2 Å². The molecule has 0 N–H and O–H groups in total. The number of carbonyl (C=O) groups is 1. The molecule has 0 saturated heterocycles. The van der Waals surface area contributed by atoms with Gasteiger partial charge in [0.25, 0.3) is 5.89 Å². The van der Waals surface area contributed by atoms with Crippen molar-refractivity contribution in [3.8, 4) is 28.7 Å². The maximum Gasteiger partial charge on any atom is 0.338 e. The molecule has 0 atom stereocenters. The molecule has 31 heavy (non-hydrogen) atoms. The fourth-order valence-electron chi connectivity index (χ4n) is 2.74. The quantitative estimate of drug-likeness (QED) is 0.404. The van der Waals surface area contributed by atoms with Gasteiger partial charge in [0.05, 0.1) is 25.4 Å². The minimum Gasteiger partial charge on any atom is -0.490 e. The highest BCUT2D eigenvalue weighted by atomic mass is 35.5. The number of hydrogen-bond donors (Lipinski definition) is 0. The van der Waals surface area contributed by atoms with E-state index in [0.717, 1.165) is 0 Å². The largest absolute Gasteiger partial charge is 0.490 e. The highest BCUT2D eigenvalue weighted by Crippen LogP contribution is 2.39. The Morgan fingerprint density at radius 1 is 0.935 bits per heavy atom. The van der Waals surface area contributed by atoms with Crippen molar-refractivity contribution in [2.24, 2.45) is 0 Å². The number of rotatable bonds is 10. The lowest BCUT2D eigenvalue weighted by molar-refractivity contribution is 0.0437. The van der Waals surface area contributed by atoms with Crippen molar-refractivity contribution < 1.29 is 28.2 Å². The first-order valence-electron chi connectivity index (χ1n) is 9.87. The monoisotopic (exact) mass is 446 g/mol. The van der Waals surface area contributed by atoms with E-state index >= 15 is 0 Å². The summed E-state index contributed by atoms with van der Waals surface area (Å²) >= 11 is 5.89. The molecule has 0 spiro atoms. The second-order valence-electron chi connectivity index (χ2n) is 6.18. The molecular weight excluding hydrogens is 424 g/mol. The maximum absolute atomic E-state index is 12.6. The molecule has 0 aliphatic heterocycles. The molecule has 0 unspecified atom stereocenters. The second-order valence-corrected chi connectivity index (χ2v) is 6.62. The van der Waals surface area contributed by atoms with Gasteiger partial charge in [0.2, 0.25) is 11.6 Å². The van der Waals surface area contributed by atoms with Crippen LogP contribution < -0.4 is 14.2 Å². The molecule has 0 aliphatic rings. The van der Waals surface area contributed by atoms with Crippen molar-refractivity contribution in [3.05, 3.63) is 52.9 Å². The van der Waals surface area contributed by atoms with E-state index in [-0.39, 0.29) is 18.1 Å². The Hall–Kier alpha value is -3.26. The minimum absolute atomic E-state index is 0.166. The fourth-order valence-corrected chi connectivity index (χ4v) is 2.86. The normalized spacial score (nSPS) is 10.6. The zero-order valence-electron chi connectivity index (χ0n) is 17.5. The number of hydrogen-bond acceptors (Lipinski definition) is 8. The third kappa shape index (κ3) is 5.67. The van der Waals surface area contributed by atoms with Crippen LogP contribution in [0.2, 0.25) is 5.02 Å². The van der Waals surface area contributed by atoms with E-state index in [4.69, 9.17) is 35.0 Å². The standard InChI is InChI=1S/C22H23ClN2O6/c1-4-27-17-11-15(12-18(28-5-2)20(17)29-6-3)22(26)30-13-19-24-25-21(31-19)14-7-9-16(23)10-8-14/h7-12H,4-6,13H2,1-3H3. The first kappa shape index (κ1) is 22.4. The highest BCUT2D eigenvalue weighted by Gasteiger charge is 2.20. The van der Waals surface area contributed by atoms with Gasteiger partial charge in [0, 0.05) is 10.6 Å². The molecular formula is C22H23ClN2O6. The molecule has 1 heterocycles. The van der Waals surface area contributed by atoms with Gasteiger partial charge in [-0.2, -0.15) is 0 Å². The molecule has 0 fully saturated rings. The molecule has 0 saturated carbocycles. The van der Waals surface area contributed by atoms with Gasteiger partial charge in [-0.1, -0.05) is 11.6 Å². The molecule has 9 heteroatoms. The van der Waals surface area contributed by atoms with E-state index in [0.29, 0.717) is 53.5 Å². The van der Waals surface area contributed by atoms with Crippen LogP contribution in [0, 0.1) is 0 Å². The van der Waals surface area contributed by atoms with Gasteiger partial charge in [0.15, 0.2) is 18.1 Å². The summed E-state index contributed by atoms with van der Waals surface area (Å²) in [4.78, 5) is 12.6. The number of benzene rings is 2. The summed E-state index contributed by atoms with van der Waals surface area (Å²) < 4.78 is 27.8. The van der Waals surface area contributed by atoms with Crippen LogP contribution in [0.1, 0.15) is 37.0 Å². The smallest absolute Gasteiger partial charge is 0.338 e. The van der Waals surface area contributed by atoms with Crippen molar-refractivity contribution in [2.45, 2.75) is 27.4 Å². The van der Waals surface area contributed by atoms with E-state index in [2.05, 4.69) is 10.2 Å². The van der Waals surface area contributed by atoms with Gasteiger partial charge in [-0.25, -0.2) is 4.79 Å². The Morgan fingerprint density at radius 3 is 2.13 bits per heavy atom. The summed E-state index contributed by atoms with van der Waals surface area (Å²) in [6, 6.07) is 10.1. The summed E-state index contributed by atoms with van der Waals surface area (Å²) in [5.74, 6) is 1.15. The van der Waals surface area contributed by atoms with Gasteiger partial charge in [-0.15, -0.1) is 10.2 Å². The van der Waals surface area contributed by atoms with Crippen LogP contribution in [-0.2, 0) is 11.3 Å². The number of halogens is 1. The van der Waals surface area contributed by atoms with Gasteiger partial charge in [-0.05, 0) is 57.2 Å². The SMILES string of the molecule is CCOc1cc(C(=O)OCc2nnc(-c3ccc(Cl)cc3)o2)cc(OCC)c1OCC. The molecule has 3 rings (SSSR count). The Kier molecular flexibility index (Phi) is 7.72. The zero-order valence-corrected chi connectivity index (χ0v) is 18.3. The van der Waals surface area contributed by atoms with Crippen molar-refractivity contribution in [1.29, 1.82) is 0 Å². The third-order valence-electron chi connectivity index (χ3n) is 4.03. The number of aromatic nitrogens is 2. The summed E-state index contributed by atoms with van der Waals surface area (Å²) in [7, 11) is 0. The van der Waals surface area contributed by atoms with Crippen molar-refractivity contribution in [2.75, 3.05) is 19.8 Å². The lowest BCUT2D eigenvalue weighted by Crippen LogP contribution is -2.09. The first-order valence-corrected chi connectivity index (χ1v) is 10.2. The van der Waals surface area contributed by atoms with Gasteiger partial charge >= 0.3 is 5.97 Å². The van der Waals surface area contributed by atoms with Crippen LogP contribution in [0.5, 0.6) is 17.2 Å². The van der Waals surface area contributed by atoms with E-state index < -0.39 is 5.97 Å². The van der Waals surface area contributed by atoms with Gasteiger partial charge in [-0.3, -0.25) is 0 Å². The Bertz CT molecular complexity index is 992. The number of carbonyl (C=O) groups excluding carboxylic acids is 1. The lowest BCUT2D eigenvalue weighted by Gasteiger charge is -2.16. The van der Waals surface area contributed by atoms with Crippen molar-refractivity contribution in [3.63, 3.8) is 0 Å². The Morgan fingerprint density at radius 2 is 1.55 bits per heavy atom. The average molecular weight is 447 g/mol. The first-order chi connectivity index (χ1) is 15.0. The molecule has 0 aliphatic carbocycles. The Balaban J connectivity index is 1.74. The molecule has 0 amide bonds. The summed E-state index contributed by atoms with van der Waals surface area (Å²) in [5.41, 5.74) is 0.969. The topological polar surface area (TPSA) is 92.9 Å². The molecule has 0 radical (unpaired) electrons. The van der Waals surface area contributed by atoms with Crippen LogP contribution in [0.3, 0.4) is 0 Å². The zero-order chi connectivity index (χ0) is 22.2. The predicted octanol–water partition coefficient (Wildman–Crippen LogP) is 4.94. The molecule has 2 aromatic carbocycles. The van der Waals surface area contributed by atoms with Crippen LogP contribution in [-0.4, -0.2) is 36.0 Å². The van der Waals surface area contributed by atoms with E-state index in [1.165, 1.54) is 0 Å². The average Bonchev–Trinajstić information content (AvgIpc) is 3.24. The Labute approximate surface area is 185 Å². The highest BCUT2D eigenvalue weighted by molar-refractivity contribution is 6.30. The maximum atomic E-state index is 12.6. The predicted molar refractivity (Wildman–Crippen MR) is 114 cm³/mol. The molecule has 0 bridgehead atoms. The third-order valence-corrected chi connectivity index (χ3v) is 4.28. The van der Waals surface area contributed by atoms with Crippen LogP contribution in [0.25, 0.3) is 11.5 Å². The second kappa shape index (κ2) is 10.7. The van der Waals surface area contributed by atoms with E-state index in [1.807, 2.05) is 20.8 Å². The van der Waals surface area contributed by atoms with Crippen LogP contribution >= 0.6 is 11.6 Å². The molecule has 164 valence electrons. The van der Waals surface area contributed by atoms with Gasteiger partial charge in [0.1, 0.15) is 0 Å². The number of esters is 1. The summed E-state index contributed by atoms with van der Waals surface area (Å²) in [5, 5.41) is 8.49. The minimum atomic E-state index is -0.587. The van der Waals surface area contributed by atoms with Crippen LogP contribution in [0.4, 0.5) is 0 Å². The van der Waals surface area contributed by atoms with Crippen LogP contribution in [0.15, 0.2) is 40.8 Å². The van der Waals surface area contributed by atoms with Gasteiger partial charge < -0.3 is 23.4 Å². The fraction of sp³-hybridized carbons (Fsp3) is 0.318. The number of nitrogens with zero attached hydrogens (tertiary/aromatic N) is 2. The van der Waals surface area contributed by atoms with Crippen molar-refractivity contribution >= 4 is 17.6 Å². The summed E-state index contributed by atoms with van der Waals surface area (Å²) in [6.07, 6.45) is 0. The molecule has 1 aromatic heterocycles. The number of ether oxygens (including phenoxy) is 4. The summed E-state index contributed by atoms with van der Waals surface area (Å²) in [6.45, 7) is 6.59. The molecule has 3 aromatic rings. The molecule has 8 nitrogen and oxygen atoms in total. The van der Waals surface area contributed by atoms with E-state index in [9.17, 15) is 4.79 Å². The van der Waals surface area contributed by atoms with E-state index in [1.54, 1.807) is 36.4 Å².